The molecule has 4 heterocycles. The molecular weight excluding hydrogens is 609 g/mol. The molecule has 4 nitrogen and oxygen atoms in total. The number of hydrogen-bond donors (Lipinski definition) is 0. The third kappa shape index (κ3) is 4.69. The summed E-state index contributed by atoms with van der Waals surface area (Å²) in [5, 5.41) is 8.13. The molecule has 0 aliphatic heterocycles. The van der Waals surface area contributed by atoms with Crippen molar-refractivity contribution in [3.8, 4) is 45.0 Å². The van der Waals surface area contributed by atoms with Gasteiger partial charge in [0.25, 0.3) is 0 Å². The average Bonchev–Trinajstić information content (AvgIpc) is 3.20. The van der Waals surface area contributed by atoms with Crippen molar-refractivity contribution in [1.29, 1.82) is 0 Å². The molecule has 0 saturated heterocycles. The van der Waals surface area contributed by atoms with Crippen LogP contribution in [0.2, 0.25) is 0 Å². The van der Waals surface area contributed by atoms with Gasteiger partial charge >= 0.3 is 0 Å². The molecule has 0 saturated carbocycles. The van der Waals surface area contributed by atoms with Crippen LogP contribution in [0.1, 0.15) is 0 Å². The van der Waals surface area contributed by atoms with Crippen molar-refractivity contribution in [1.82, 2.24) is 19.9 Å². The van der Waals surface area contributed by atoms with Crippen LogP contribution in [0.5, 0.6) is 0 Å². The van der Waals surface area contributed by atoms with E-state index < -0.39 is 0 Å². The van der Waals surface area contributed by atoms with Crippen LogP contribution in [0.3, 0.4) is 0 Å². The third-order valence-corrected chi connectivity index (χ3v) is 9.67. The van der Waals surface area contributed by atoms with Gasteiger partial charge in [0.05, 0.1) is 39.3 Å². The van der Waals surface area contributed by atoms with Crippen LogP contribution in [-0.2, 0) is 0 Å². The van der Waals surface area contributed by atoms with Crippen molar-refractivity contribution in [2.45, 2.75) is 0 Å². The molecule has 10 rings (SSSR count). The second kappa shape index (κ2) is 11.4. The fourth-order valence-corrected chi connectivity index (χ4v) is 7.18. The maximum atomic E-state index is 5.21. The van der Waals surface area contributed by atoms with Crippen LogP contribution in [0.25, 0.3) is 99.3 Å². The van der Waals surface area contributed by atoms with Gasteiger partial charge in [-0.3, -0.25) is 4.98 Å². The van der Waals surface area contributed by atoms with Crippen molar-refractivity contribution in [3.63, 3.8) is 0 Å². The van der Waals surface area contributed by atoms with Crippen molar-refractivity contribution >= 4 is 54.3 Å². The van der Waals surface area contributed by atoms with Gasteiger partial charge in [0, 0.05) is 49.8 Å². The molecule has 0 atom stereocenters. The zero-order valence-electron chi connectivity index (χ0n) is 27.0. The van der Waals surface area contributed by atoms with E-state index in [1.54, 1.807) is 0 Å². The van der Waals surface area contributed by atoms with E-state index >= 15 is 0 Å². The van der Waals surface area contributed by atoms with E-state index in [4.69, 9.17) is 19.9 Å². The molecule has 0 aliphatic rings. The zero-order chi connectivity index (χ0) is 33.0. The lowest BCUT2D eigenvalue weighted by molar-refractivity contribution is 1.27. The summed E-state index contributed by atoms with van der Waals surface area (Å²) in [5.41, 5.74) is 10.6. The van der Waals surface area contributed by atoms with Gasteiger partial charge in [-0.15, -0.1) is 0 Å². The molecule has 50 heavy (non-hydrogen) atoms. The fraction of sp³-hybridized carbons (Fsp3) is 0. The molecule has 0 fully saturated rings. The Morgan fingerprint density at radius 1 is 0.340 bits per heavy atom. The quantitative estimate of drug-likeness (QED) is 0.180. The van der Waals surface area contributed by atoms with E-state index in [2.05, 4.69) is 140 Å². The lowest BCUT2D eigenvalue weighted by atomic mass is 9.94. The Balaban J connectivity index is 1.04. The number of benzene rings is 6. The number of hydrogen-bond acceptors (Lipinski definition) is 4. The van der Waals surface area contributed by atoms with Gasteiger partial charge in [-0.2, -0.15) is 0 Å². The number of fused-ring (bicyclic) bond motifs is 8. The molecule has 0 unspecified atom stereocenters. The molecule has 0 N–H and O–H groups in total. The van der Waals surface area contributed by atoms with Gasteiger partial charge in [-0.1, -0.05) is 133 Å². The zero-order valence-corrected chi connectivity index (χ0v) is 27.0. The minimum atomic E-state index is 0.816. The molecule has 0 aliphatic carbocycles. The minimum Gasteiger partial charge on any atom is -0.254 e. The third-order valence-electron chi connectivity index (χ3n) is 9.67. The largest absolute Gasteiger partial charge is 0.254 e. The Labute approximate surface area is 288 Å². The lowest BCUT2D eigenvalue weighted by Gasteiger charge is -2.13. The Bertz CT molecular complexity index is 2900. The molecule has 4 aromatic heterocycles. The Kier molecular flexibility index (Phi) is 6.46. The number of para-hydroxylation sites is 1. The standard InChI is InChI=1S/C46H28N4/c1-2-10-30(11-3-1)39-24-20-31-17-18-32-21-26-42(50-46(32)45(31)48-39)41-25-22-35(28-47-41)33-12-8-13-34(27-33)44-38-23-19-29-9-4-5-14-36(29)43(38)37-15-6-7-16-40(37)49-44/h1-28H. The van der Waals surface area contributed by atoms with Crippen molar-refractivity contribution in [2.75, 3.05) is 0 Å². The van der Waals surface area contributed by atoms with Crippen LogP contribution in [0.4, 0.5) is 0 Å². The number of aromatic nitrogens is 4. The molecule has 6 aromatic carbocycles. The highest BCUT2D eigenvalue weighted by Gasteiger charge is 2.14. The second-order valence-electron chi connectivity index (χ2n) is 12.7. The molecule has 0 spiro atoms. The maximum absolute atomic E-state index is 5.21. The summed E-state index contributed by atoms with van der Waals surface area (Å²) in [7, 11) is 0. The Morgan fingerprint density at radius 3 is 1.80 bits per heavy atom. The molecule has 0 radical (unpaired) electrons. The first-order chi connectivity index (χ1) is 24.8. The van der Waals surface area contributed by atoms with E-state index in [1.807, 2.05) is 30.5 Å². The van der Waals surface area contributed by atoms with Crippen molar-refractivity contribution in [3.05, 3.63) is 170 Å². The molecule has 232 valence electrons. The molecule has 10 aromatic rings. The van der Waals surface area contributed by atoms with Gasteiger partial charge in [-0.05, 0) is 46.7 Å². The first kappa shape index (κ1) is 28.3. The lowest BCUT2D eigenvalue weighted by Crippen LogP contribution is -1.93. The van der Waals surface area contributed by atoms with Crippen LogP contribution < -0.4 is 0 Å². The maximum Gasteiger partial charge on any atom is 0.0973 e. The van der Waals surface area contributed by atoms with E-state index in [9.17, 15) is 0 Å². The van der Waals surface area contributed by atoms with E-state index in [0.29, 0.717) is 0 Å². The topological polar surface area (TPSA) is 51.6 Å². The van der Waals surface area contributed by atoms with Gasteiger partial charge in [0.1, 0.15) is 0 Å². The fourth-order valence-electron chi connectivity index (χ4n) is 7.18. The van der Waals surface area contributed by atoms with Gasteiger partial charge < -0.3 is 0 Å². The Hall–Kier alpha value is -6.78. The molecular formula is C46H28N4. The van der Waals surface area contributed by atoms with Crippen molar-refractivity contribution < 1.29 is 0 Å². The predicted octanol–water partition coefficient (Wildman–Crippen LogP) is 11.7. The summed E-state index contributed by atoms with van der Waals surface area (Å²) in [4.78, 5) is 20.3. The van der Waals surface area contributed by atoms with E-state index in [0.717, 1.165) is 77.7 Å². The first-order valence-corrected chi connectivity index (χ1v) is 16.8. The summed E-state index contributed by atoms with van der Waals surface area (Å²) >= 11 is 0. The summed E-state index contributed by atoms with van der Waals surface area (Å²) in [6, 6.07) is 57.1. The predicted molar refractivity (Wildman–Crippen MR) is 207 cm³/mol. The highest BCUT2D eigenvalue weighted by molar-refractivity contribution is 6.22. The van der Waals surface area contributed by atoms with E-state index in [1.165, 1.54) is 21.5 Å². The summed E-state index contributed by atoms with van der Waals surface area (Å²) < 4.78 is 0. The van der Waals surface area contributed by atoms with Crippen LogP contribution in [0.15, 0.2) is 170 Å². The SMILES string of the molecule is c1ccc(-c2ccc3ccc4ccc(-c5ccc(-c6cccc(-c7nc8ccccc8c8c7ccc7ccccc78)c6)cn5)nc4c3n2)cc1. The highest BCUT2D eigenvalue weighted by atomic mass is 14.8. The van der Waals surface area contributed by atoms with Crippen molar-refractivity contribution in [2.24, 2.45) is 0 Å². The van der Waals surface area contributed by atoms with Crippen LogP contribution >= 0.6 is 0 Å². The molecule has 4 heteroatoms. The number of nitrogens with zero attached hydrogens (tertiary/aromatic N) is 4. The Morgan fingerprint density at radius 2 is 0.980 bits per heavy atom. The van der Waals surface area contributed by atoms with E-state index in [-0.39, 0.29) is 0 Å². The second-order valence-corrected chi connectivity index (χ2v) is 12.7. The monoisotopic (exact) mass is 636 g/mol. The van der Waals surface area contributed by atoms with Gasteiger partial charge in [0.2, 0.25) is 0 Å². The summed E-state index contributed by atoms with van der Waals surface area (Å²) in [5.74, 6) is 0. The first-order valence-electron chi connectivity index (χ1n) is 16.8. The summed E-state index contributed by atoms with van der Waals surface area (Å²) in [6.45, 7) is 0. The molecule has 0 amide bonds. The summed E-state index contributed by atoms with van der Waals surface area (Å²) in [6.07, 6.45) is 1.94. The number of rotatable bonds is 4. The van der Waals surface area contributed by atoms with Gasteiger partial charge in [-0.25, -0.2) is 15.0 Å². The van der Waals surface area contributed by atoms with Gasteiger partial charge in [0.15, 0.2) is 0 Å². The number of pyridine rings is 4. The normalized spacial score (nSPS) is 11.6. The smallest absolute Gasteiger partial charge is 0.0973 e. The van der Waals surface area contributed by atoms with Crippen LogP contribution in [-0.4, -0.2) is 19.9 Å². The minimum absolute atomic E-state index is 0.816. The molecule has 0 bridgehead atoms. The van der Waals surface area contributed by atoms with Crippen LogP contribution in [0, 0.1) is 0 Å². The average molecular weight is 637 g/mol. The highest BCUT2D eigenvalue weighted by Crippen LogP contribution is 2.38.